The van der Waals surface area contributed by atoms with E-state index in [0.717, 1.165) is 36.6 Å². The normalized spacial score (nSPS) is 16.8. The van der Waals surface area contributed by atoms with Crippen LogP contribution in [0.2, 0.25) is 0 Å². The van der Waals surface area contributed by atoms with Crippen molar-refractivity contribution in [2.75, 3.05) is 13.1 Å². The fraction of sp³-hybridized carbons (Fsp3) is 0.350. The SMILES string of the molecule is O=C(CCC1CCNC1)NCc1cccc(Oc2ccccc2)c1. The van der Waals surface area contributed by atoms with E-state index >= 15 is 0 Å². The molecule has 2 aromatic rings. The van der Waals surface area contributed by atoms with Gasteiger partial charge in [0.25, 0.3) is 0 Å². The van der Waals surface area contributed by atoms with Crippen molar-refractivity contribution in [3.05, 3.63) is 60.2 Å². The molecule has 2 N–H and O–H groups in total. The maximum absolute atomic E-state index is 12.0. The Balaban J connectivity index is 1.46. The second kappa shape index (κ2) is 8.50. The van der Waals surface area contributed by atoms with Gasteiger partial charge in [-0.1, -0.05) is 30.3 Å². The summed E-state index contributed by atoms with van der Waals surface area (Å²) < 4.78 is 5.82. The van der Waals surface area contributed by atoms with Crippen molar-refractivity contribution in [1.29, 1.82) is 0 Å². The lowest BCUT2D eigenvalue weighted by atomic mass is 10.0. The van der Waals surface area contributed by atoms with Crippen LogP contribution in [-0.2, 0) is 11.3 Å². The number of nitrogens with one attached hydrogen (secondary N) is 2. The van der Waals surface area contributed by atoms with Crippen LogP contribution >= 0.6 is 0 Å². The highest BCUT2D eigenvalue weighted by atomic mass is 16.5. The number of rotatable bonds is 7. The van der Waals surface area contributed by atoms with Gasteiger partial charge in [0.05, 0.1) is 0 Å². The molecule has 4 nitrogen and oxygen atoms in total. The molecule has 0 spiro atoms. The Bertz CT molecular complexity index is 652. The minimum absolute atomic E-state index is 0.122. The largest absolute Gasteiger partial charge is 0.457 e. The molecule has 1 atom stereocenters. The molecular formula is C20H24N2O2. The summed E-state index contributed by atoms with van der Waals surface area (Å²) >= 11 is 0. The summed E-state index contributed by atoms with van der Waals surface area (Å²) in [6.45, 7) is 2.67. The van der Waals surface area contributed by atoms with Gasteiger partial charge in [-0.05, 0) is 61.7 Å². The number of carbonyl (C=O) groups excluding carboxylic acids is 1. The van der Waals surface area contributed by atoms with Crippen LogP contribution in [0.4, 0.5) is 0 Å². The third-order valence-corrected chi connectivity index (χ3v) is 4.31. The third kappa shape index (κ3) is 5.10. The summed E-state index contributed by atoms with van der Waals surface area (Å²) in [5.74, 6) is 2.36. The first-order valence-electron chi connectivity index (χ1n) is 8.59. The predicted molar refractivity (Wildman–Crippen MR) is 95.0 cm³/mol. The van der Waals surface area contributed by atoms with Crippen LogP contribution in [0.5, 0.6) is 11.5 Å². The Labute approximate surface area is 143 Å². The van der Waals surface area contributed by atoms with Crippen LogP contribution in [0.3, 0.4) is 0 Å². The van der Waals surface area contributed by atoms with Gasteiger partial charge in [0.2, 0.25) is 5.91 Å². The van der Waals surface area contributed by atoms with E-state index in [-0.39, 0.29) is 5.91 Å². The topological polar surface area (TPSA) is 50.4 Å². The average Bonchev–Trinajstić information content (AvgIpc) is 3.13. The highest BCUT2D eigenvalue weighted by Crippen LogP contribution is 2.21. The standard InChI is InChI=1S/C20H24N2O2/c23-20(10-9-16-11-12-21-14-16)22-15-17-5-4-8-19(13-17)24-18-6-2-1-3-7-18/h1-8,13,16,21H,9-12,14-15H2,(H,22,23). The first kappa shape index (κ1) is 16.5. The van der Waals surface area contributed by atoms with E-state index in [2.05, 4.69) is 10.6 Å². The summed E-state index contributed by atoms with van der Waals surface area (Å²) in [5.41, 5.74) is 1.04. The van der Waals surface area contributed by atoms with E-state index in [4.69, 9.17) is 4.74 Å². The zero-order valence-corrected chi connectivity index (χ0v) is 13.8. The van der Waals surface area contributed by atoms with Gasteiger partial charge in [0.1, 0.15) is 11.5 Å². The average molecular weight is 324 g/mol. The third-order valence-electron chi connectivity index (χ3n) is 4.31. The molecule has 0 aliphatic carbocycles. The van der Waals surface area contributed by atoms with Crippen LogP contribution in [0, 0.1) is 5.92 Å². The molecule has 0 aromatic heterocycles. The Hall–Kier alpha value is -2.33. The van der Waals surface area contributed by atoms with Gasteiger partial charge in [-0.2, -0.15) is 0 Å². The Morgan fingerprint density at radius 3 is 2.75 bits per heavy atom. The number of amides is 1. The fourth-order valence-electron chi connectivity index (χ4n) is 2.93. The van der Waals surface area contributed by atoms with Crippen LogP contribution in [0.1, 0.15) is 24.8 Å². The molecule has 1 heterocycles. The summed E-state index contributed by atoms with van der Waals surface area (Å²) in [6.07, 6.45) is 2.76. The molecule has 1 amide bonds. The minimum Gasteiger partial charge on any atom is -0.457 e. The highest BCUT2D eigenvalue weighted by Gasteiger charge is 2.15. The smallest absolute Gasteiger partial charge is 0.220 e. The van der Waals surface area contributed by atoms with Crippen LogP contribution in [0.25, 0.3) is 0 Å². The summed E-state index contributed by atoms with van der Waals surface area (Å²) in [7, 11) is 0. The molecular weight excluding hydrogens is 300 g/mol. The van der Waals surface area contributed by atoms with Gasteiger partial charge < -0.3 is 15.4 Å². The van der Waals surface area contributed by atoms with E-state index in [1.54, 1.807) is 0 Å². The van der Waals surface area contributed by atoms with Crippen LogP contribution in [0.15, 0.2) is 54.6 Å². The van der Waals surface area contributed by atoms with E-state index in [9.17, 15) is 4.79 Å². The van der Waals surface area contributed by atoms with Gasteiger partial charge in [-0.15, -0.1) is 0 Å². The first-order chi connectivity index (χ1) is 11.8. The molecule has 0 radical (unpaired) electrons. The Morgan fingerprint density at radius 1 is 1.12 bits per heavy atom. The summed E-state index contributed by atoms with van der Waals surface area (Å²) in [5, 5.41) is 6.33. The van der Waals surface area contributed by atoms with Gasteiger partial charge in [-0.3, -0.25) is 4.79 Å². The lowest BCUT2D eigenvalue weighted by Crippen LogP contribution is -2.23. The predicted octanol–water partition coefficient (Wildman–Crippen LogP) is 3.48. The molecule has 1 aliphatic heterocycles. The zero-order valence-electron chi connectivity index (χ0n) is 13.8. The lowest BCUT2D eigenvalue weighted by molar-refractivity contribution is -0.121. The lowest BCUT2D eigenvalue weighted by Gasteiger charge is -2.10. The molecule has 2 aromatic carbocycles. The van der Waals surface area contributed by atoms with E-state index in [1.165, 1.54) is 6.42 Å². The van der Waals surface area contributed by atoms with E-state index < -0.39 is 0 Å². The molecule has 1 fully saturated rings. The number of hydrogen-bond donors (Lipinski definition) is 2. The number of hydrogen-bond acceptors (Lipinski definition) is 3. The van der Waals surface area contributed by atoms with Gasteiger partial charge in [-0.25, -0.2) is 0 Å². The fourth-order valence-corrected chi connectivity index (χ4v) is 2.93. The van der Waals surface area contributed by atoms with Crippen molar-refractivity contribution >= 4 is 5.91 Å². The molecule has 24 heavy (non-hydrogen) atoms. The van der Waals surface area contributed by atoms with Crippen molar-refractivity contribution in [2.24, 2.45) is 5.92 Å². The zero-order chi connectivity index (χ0) is 16.6. The molecule has 0 saturated carbocycles. The Morgan fingerprint density at radius 2 is 1.96 bits per heavy atom. The highest BCUT2D eigenvalue weighted by molar-refractivity contribution is 5.75. The maximum Gasteiger partial charge on any atom is 0.220 e. The van der Waals surface area contributed by atoms with Gasteiger partial charge in [0.15, 0.2) is 0 Å². The second-order valence-corrected chi connectivity index (χ2v) is 6.24. The molecule has 0 bridgehead atoms. The molecule has 1 aliphatic rings. The van der Waals surface area contributed by atoms with Crippen molar-refractivity contribution in [3.8, 4) is 11.5 Å². The number of carbonyl (C=O) groups is 1. The number of benzene rings is 2. The molecule has 4 heteroatoms. The molecule has 1 saturated heterocycles. The van der Waals surface area contributed by atoms with Crippen molar-refractivity contribution < 1.29 is 9.53 Å². The Kier molecular flexibility index (Phi) is 5.85. The first-order valence-corrected chi connectivity index (χ1v) is 8.59. The van der Waals surface area contributed by atoms with E-state index in [0.29, 0.717) is 18.9 Å². The van der Waals surface area contributed by atoms with Gasteiger partial charge in [0, 0.05) is 13.0 Å². The number of para-hydroxylation sites is 1. The summed E-state index contributed by atoms with van der Waals surface area (Å²) in [4.78, 5) is 12.0. The summed E-state index contributed by atoms with van der Waals surface area (Å²) in [6, 6.07) is 17.5. The van der Waals surface area contributed by atoms with Crippen molar-refractivity contribution in [3.63, 3.8) is 0 Å². The van der Waals surface area contributed by atoms with Gasteiger partial charge >= 0.3 is 0 Å². The molecule has 1 unspecified atom stereocenters. The van der Waals surface area contributed by atoms with Crippen molar-refractivity contribution in [1.82, 2.24) is 10.6 Å². The van der Waals surface area contributed by atoms with E-state index in [1.807, 2.05) is 54.6 Å². The van der Waals surface area contributed by atoms with Crippen LogP contribution < -0.4 is 15.4 Å². The number of ether oxygens (including phenoxy) is 1. The maximum atomic E-state index is 12.0. The monoisotopic (exact) mass is 324 g/mol. The second-order valence-electron chi connectivity index (χ2n) is 6.24. The quantitative estimate of drug-likeness (QED) is 0.820. The van der Waals surface area contributed by atoms with Crippen LogP contribution in [-0.4, -0.2) is 19.0 Å². The molecule has 126 valence electrons. The molecule has 3 rings (SSSR count). The minimum atomic E-state index is 0.122. The van der Waals surface area contributed by atoms with Crippen molar-refractivity contribution in [2.45, 2.75) is 25.8 Å².